The van der Waals surface area contributed by atoms with Crippen LogP contribution in [0.2, 0.25) is 10.2 Å². The predicted octanol–water partition coefficient (Wildman–Crippen LogP) is 3.67. The van der Waals surface area contributed by atoms with Crippen molar-refractivity contribution in [3.63, 3.8) is 0 Å². The number of nitrogens with one attached hydrogen (secondary N) is 2. The molecular formula is C20H20Cl2N4O2. The lowest BCUT2D eigenvalue weighted by atomic mass is 10.1. The van der Waals surface area contributed by atoms with Crippen LogP contribution in [0.1, 0.15) is 22.0 Å². The van der Waals surface area contributed by atoms with Crippen LogP contribution in [0.3, 0.4) is 0 Å². The first-order chi connectivity index (χ1) is 13.6. The maximum absolute atomic E-state index is 12.8. The summed E-state index contributed by atoms with van der Waals surface area (Å²) < 4.78 is 5.46. The topological polar surface area (TPSA) is 70.2 Å². The summed E-state index contributed by atoms with van der Waals surface area (Å²) in [4.78, 5) is 22.4. The van der Waals surface area contributed by atoms with E-state index < -0.39 is 0 Å². The van der Waals surface area contributed by atoms with Crippen LogP contribution in [-0.2, 0) is 4.74 Å². The van der Waals surface area contributed by atoms with E-state index in [1.807, 2.05) is 18.2 Å². The molecule has 1 saturated heterocycles. The highest BCUT2D eigenvalue weighted by atomic mass is 35.5. The Bertz CT molecular complexity index is 968. The average Bonchev–Trinajstić information content (AvgIpc) is 3.20. The lowest BCUT2D eigenvalue weighted by molar-refractivity contribution is 0.0161. The molecule has 28 heavy (non-hydrogen) atoms. The number of morpholine rings is 1. The highest BCUT2D eigenvalue weighted by Gasteiger charge is 2.24. The van der Waals surface area contributed by atoms with Gasteiger partial charge in [0.05, 0.1) is 29.8 Å². The molecule has 0 spiro atoms. The molecule has 1 fully saturated rings. The molecule has 1 aromatic carbocycles. The van der Waals surface area contributed by atoms with E-state index in [9.17, 15) is 4.79 Å². The number of amides is 1. The molecule has 2 N–H and O–H groups in total. The molecular weight excluding hydrogens is 399 g/mol. The maximum Gasteiger partial charge on any atom is 0.252 e. The van der Waals surface area contributed by atoms with Gasteiger partial charge in [-0.25, -0.2) is 4.98 Å². The first kappa shape index (κ1) is 19.2. The van der Waals surface area contributed by atoms with Crippen LogP contribution in [-0.4, -0.2) is 53.6 Å². The number of aromatic amines is 1. The third-order valence-electron chi connectivity index (χ3n) is 4.99. The van der Waals surface area contributed by atoms with Gasteiger partial charge in [-0.3, -0.25) is 9.69 Å². The van der Waals surface area contributed by atoms with Crippen molar-refractivity contribution in [2.75, 3.05) is 32.8 Å². The van der Waals surface area contributed by atoms with Gasteiger partial charge in [0.2, 0.25) is 0 Å². The van der Waals surface area contributed by atoms with Crippen molar-refractivity contribution in [1.29, 1.82) is 0 Å². The van der Waals surface area contributed by atoms with Crippen molar-refractivity contribution in [3.05, 3.63) is 64.0 Å². The largest absolute Gasteiger partial charge is 0.379 e. The fraction of sp³-hybridized carbons (Fsp3) is 0.300. The van der Waals surface area contributed by atoms with E-state index in [1.165, 1.54) is 0 Å². The number of hydrogen-bond donors (Lipinski definition) is 2. The summed E-state index contributed by atoms with van der Waals surface area (Å²) in [5.41, 5.74) is 2.36. The minimum Gasteiger partial charge on any atom is -0.379 e. The predicted molar refractivity (Wildman–Crippen MR) is 110 cm³/mol. The van der Waals surface area contributed by atoms with Gasteiger partial charge in [0.1, 0.15) is 5.15 Å². The monoisotopic (exact) mass is 418 g/mol. The minimum absolute atomic E-state index is 0.0209. The molecule has 0 radical (unpaired) electrons. The number of fused-ring (bicyclic) bond motifs is 1. The number of carbonyl (C=O) groups is 1. The number of H-pyrrole nitrogens is 1. The summed E-state index contributed by atoms with van der Waals surface area (Å²) in [5, 5.41) is 4.76. The highest BCUT2D eigenvalue weighted by Crippen LogP contribution is 2.27. The van der Waals surface area contributed by atoms with Gasteiger partial charge in [0.25, 0.3) is 5.91 Å². The number of pyridine rings is 1. The van der Waals surface area contributed by atoms with E-state index in [4.69, 9.17) is 27.9 Å². The zero-order chi connectivity index (χ0) is 19.5. The quantitative estimate of drug-likeness (QED) is 0.620. The van der Waals surface area contributed by atoms with Crippen molar-refractivity contribution in [1.82, 2.24) is 20.2 Å². The molecule has 0 aliphatic carbocycles. The second-order valence-electron chi connectivity index (χ2n) is 6.65. The molecule has 2 aromatic heterocycles. The van der Waals surface area contributed by atoms with Crippen molar-refractivity contribution in [2.24, 2.45) is 0 Å². The third-order valence-corrected chi connectivity index (χ3v) is 5.62. The Kier molecular flexibility index (Phi) is 5.82. The molecule has 1 aliphatic rings. The smallest absolute Gasteiger partial charge is 0.252 e. The van der Waals surface area contributed by atoms with Gasteiger partial charge >= 0.3 is 0 Å². The lowest BCUT2D eigenvalue weighted by Gasteiger charge is -2.34. The summed E-state index contributed by atoms with van der Waals surface area (Å²) in [6.45, 7) is 3.35. The summed E-state index contributed by atoms with van der Waals surface area (Å²) in [6.07, 6.45) is 3.56. The summed E-state index contributed by atoms with van der Waals surface area (Å²) in [6, 6.07) is 9.16. The van der Waals surface area contributed by atoms with Gasteiger partial charge in [-0.05, 0) is 29.8 Å². The molecule has 3 heterocycles. The van der Waals surface area contributed by atoms with Crippen LogP contribution >= 0.6 is 23.2 Å². The third kappa shape index (κ3) is 4.00. The zero-order valence-corrected chi connectivity index (χ0v) is 16.6. The first-order valence-corrected chi connectivity index (χ1v) is 9.86. The van der Waals surface area contributed by atoms with E-state index in [1.54, 1.807) is 24.5 Å². The molecule has 0 bridgehead atoms. The number of rotatable bonds is 5. The Balaban J connectivity index is 1.53. The SMILES string of the molecule is O=C(NCC(c1ccc(Cl)nc1)N1CCOCC1)c1ccc2[nH]ccc2c1Cl. The molecule has 0 saturated carbocycles. The molecule has 1 atom stereocenters. The van der Waals surface area contributed by atoms with Gasteiger partial charge in [0, 0.05) is 42.9 Å². The Morgan fingerprint density at radius 1 is 1.21 bits per heavy atom. The highest BCUT2D eigenvalue weighted by molar-refractivity contribution is 6.38. The van der Waals surface area contributed by atoms with E-state index in [0.717, 1.165) is 29.6 Å². The Morgan fingerprint density at radius 2 is 2.04 bits per heavy atom. The second kappa shape index (κ2) is 8.49. The molecule has 1 aliphatic heterocycles. The zero-order valence-electron chi connectivity index (χ0n) is 15.1. The Hall–Kier alpha value is -2.12. The van der Waals surface area contributed by atoms with E-state index in [0.29, 0.717) is 35.5 Å². The number of hydrogen-bond acceptors (Lipinski definition) is 4. The van der Waals surface area contributed by atoms with Crippen molar-refractivity contribution in [3.8, 4) is 0 Å². The maximum atomic E-state index is 12.8. The molecule has 8 heteroatoms. The minimum atomic E-state index is -0.201. The number of nitrogens with zero attached hydrogens (tertiary/aromatic N) is 2. The van der Waals surface area contributed by atoms with E-state index in [2.05, 4.69) is 20.2 Å². The molecule has 146 valence electrons. The first-order valence-electron chi connectivity index (χ1n) is 9.10. The van der Waals surface area contributed by atoms with Crippen LogP contribution in [0.15, 0.2) is 42.7 Å². The molecule has 1 unspecified atom stereocenters. The summed E-state index contributed by atoms with van der Waals surface area (Å²) in [5.74, 6) is -0.201. The second-order valence-corrected chi connectivity index (χ2v) is 7.42. The number of benzene rings is 1. The van der Waals surface area contributed by atoms with Crippen LogP contribution in [0, 0.1) is 0 Å². The van der Waals surface area contributed by atoms with Crippen molar-refractivity contribution >= 4 is 40.0 Å². The molecule has 6 nitrogen and oxygen atoms in total. The Morgan fingerprint density at radius 3 is 2.79 bits per heavy atom. The summed E-state index contributed by atoms with van der Waals surface area (Å²) >= 11 is 12.4. The molecule has 4 rings (SSSR count). The average molecular weight is 419 g/mol. The van der Waals surface area contributed by atoms with Gasteiger partial charge in [-0.15, -0.1) is 0 Å². The number of halogens is 2. The fourth-order valence-electron chi connectivity index (χ4n) is 3.49. The lowest BCUT2D eigenvalue weighted by Crippen LogP contribution is -2.43. The standard InChI is InChI=1S/C20H20Cl2N4O2/c21-18-4-1-13(11-24-18)17(26-7-9-28-10-8-26)12-25-20(27)15-2-3-16-14(19(15)22)5-6-23-16/h1-6,11,17,23H,7-10,12H2,(H,25,27). The normalized spacial score (nSPS) is 16.2. The van der Waals surface area contributed by atoms with Crippen LogP contribution < -0.4 is 5.32 Å². The van der Waals surface area contributed by atoms with Crippen LogP contribution in [0.25, 0.3) is 10.9 Å². The summed E-state index contributed by atoms with van der Waals surface area (Å²) in [7, 11) is 0. The van der Waals surface area contributed by atoms with Crippen molar-refractivity contribution < 1.29 is 9.53 Å². The number of ether oxygens (including phenoxy) is 1. The van der Waals surface area contributed by atoms with E-state index >= 15 is 0 Å². The van der Waals surface area contributed by atoms with Gasteiger partial charge in [0.15, 0.2) is 0 Å². The van der Waals surface area contributed by atoms with Crippen molar-refractivity contribution in [2.45, 2.75) is 6.04 Å². The van der Waals surface area contributed by atoms with Crippen LogP contribution in [0.5, 0.6) is 0 Å². The van der Waals surface area contributed by atoms with Crippen LogP contribution in [0.4, 0.5) is 0 Å². The number of aromatic nitrogens is 2. The van der Waals surface area contributed by atoms with Gasteiger partial charge in [-0.2, -0.15) is 0 Å². The fourth-order valence-corrected chi connectivity index (χ4v) is 3.91. The molecule has 3 aromatic rings. The Labute approximate surface area is 172 Å². The van der Waals surface area contributed by atoms with Gasteiger partial charge < -0.3 is 15.0 Å². The van der Waals surface area contributed by atoms with E-state index in [-0.39, 0.29) is 11.9 Å². The number of carbonyl (C=O) groups excluding carboxylic acids is 1. The molecule has 1 amide bonds. The van der Waals surface area contributed by atoms with Gasteiger partial charge in [-0.1, -0.05) is 29.3 Å².